The van der Waals surface area contributed by atoms with Crippen molar-refractivity contribution in [3.63, 3.8) is 0 Å². The second-order valence-electron chi connectivity index (χ2n) is 8.24. The van der Waals surface area contributed by atoms with E-state index in [0.29, 0.717) is 29.5 Å². The number of alkyl halides is 2. The molecule has 0 aliphatic heterocycles. The predicted octanol–water partition coefficient (Wildman–Crippen LogP) is 5.06. The molecule has 3 rings (SSSR count). The number of unbranched alkanes of at least 4 members (excludes halogenated alkanes) is 1. The van der Waals surface area contributed by atoms with E-state index in [2.05, 4.69) is 0 Å². The number of nitrogens with zero attached hydrogens (tertiary/aromatic N) is 2. The third kappa shape index (κ3) is 6.61. The molecule has 0 aliphatic rings. The van der Waals surface area contributed by atoms with Crippen molar-refractivity contribution >= 4 is 46.0 Å². The summed E-state index contributed by atoms with van der Waals surface area (Å²) >= 11 is 11.6. The lowest BCUT2D eigenvalue weighted by molar-refractivity contribution is -0.140. The zero-order valence-corrected chi connectivity index (χ0v) is 20.8. The van der Waals surface area contributed by atoms with Gasteiger partial charge in [0.2, 0.25) is 5.91 Å². The normalized spacial score (nSPS) is 11.1. The van der Waals surface area contributed by atoms with E-state index in [1.807, 2.05) is 50.2 Å². The van der Waals surface area contributed by atoms with Crippen LogP contribution in [-0.4, -0.2) is 39.5 Å². The lowest BCUT2D eigenvalue weighted by Crippen LogP contribution is -2.44. The van der Waals surface area contributed by atoms with Crippen molar-refractivity contribution in [2.45, 2.75) is 44.6 Å². The van der Waals surface area contributed by atoms with Gasteiger partial charge in [-0.2, -0.15) is 0 Å². The number of benzene rings is 2. The first-order valence-electron chi connectivity index (χ1n) is 11.2. The molecule has 3 aromatic rings. The van der Waals surface area contributed by atoms with Crippen molar-refractivity contribution in [1.82, 2.24) is 9.80 Å². The lowest BCUT2D eigenvalue weighted by atomic mass is 10.1. The molecule has 2 aromatic carbocycles. The molecule has 34 heavy (non-hydrogen) atoms. The summed E-state index contributed by atoms with van der Waals surface area (Å²) in [6, 6.07) is 14.9. The molecule has 1 heterocycles. The van der Waals surface area contributed by atoms with Crippen LogP contribution in [-0.2, 0) is 22.7 Å². The maximum atomic E-state index is 13.4. The topological polar surface area (TPSA) is 70.8 Å². The van der Waals surface area contributed by atoms with Crippen molar-refractivity contribution in [2.75, 3.05) is 13.1 Å². The Hall–Kier alpha value is -2.83. The highest BCUT2D eigenvalue weighted by molar-refractivity contribution is 6.53. The van der Waals surface area contributed by atoms with Crippen molar-refractivity contribution in [3.05, 3.63) is 81.7 Å². The van der Waals surface area contributed by atoms with Gasteiger partial charge in [-0.05, 0) is 31.0 Å². The zero-order chi connectivity index (χ0) is 24.7. The SMILES string of the molecule is CCCCN(CC(=O)N(Cc1ccccc1)Cc1coc2ccc(C)cc2c1=O)C(=O)C(Cl)Cl. The van der Waals surface area contributed by atoms with Crippen LogP contribution in [0.1, 0.15) is 36.5 Å². The van der Waals surface area contributed by atoms with Crippen molar-refractivity contribution in [2.24, 2.45) is 0 Å². The number of carbonyl (C=O) groups excluding carboxylic acids is 2. The highest BCUT2D eigenvalue weighted by atomic mass is 35.5. The van der Waals surface area contributed by atoms with Gasteiger partial charge in [-0.3, -0.25) is 14.4 Å². The minimum atomic E-state index is -1.25. The van der Waals surface area contributed by atoms with Crippen LogP contribution in [0.3, 0.4) is 0 Å². The van der Waals surface area contributed by atoms with E-state index in [1.54, 1.807) is 17.0 Å². The average Bonchev–Trinajstić information content (AvgIpc) is 2.83. The van der Waals surface area contributed by atoms with Gasteiger partial charge in [0.05, 0.1) is 30.3 Å². The van der Waals surface area contributed by atoms with Gasteiger partial charge in [0, 0.05) is 13.1 Å². The second-order valence-corrected chi connectivity index (χ2v) is 9.34. The molecule has 0 saturated carbocycles. The fraction of sp³-hybridized carbons (Fsp3) is 0.346. The third-order valence-corrected chi connectivity index (χ3v) is 5.91. The number of fused-ring (bicyclic) bond motifs is 1. The molecule has 0 bridgehead atoms. The molecule has 0 radical (unpaired) electrons. The van der Waals surface area contributed by atoms with Crippen LogP contribution in [0.2, 0.25) is 0 Å². The van der Waals surface area contributed by atoms with Gasteiger partial charge in [0.1, 0.15) is 5.58 Å². The average molecular weight is 503 g/mol. The molecule has 0 spiro atoms. The monoisotopic (exact) mass is 502 g/mol. The van der Waals surface area contributed by atoms with Gasteiger partial charge in [-0.1, -0.05) is 78.5 Å². The molecule has 2 amide bonds. The number of carbonyl (C=O) groups is 2. The summed E-state index contributed by atoms with van der Waals surface area (Å²) in [6.45, 7) is 4.39. The first kappa shape index (κ1) is 25.8. The van der Waals surface area contributed by atoms with E-state index in [4.69, 9.17) is 27.6 Å². The Morgan fingerprint density at radius 3 is 2.44 bits per heavy atom. The Kier molecular flexibility index (Phi) is 9.13. The molecule has 180 valence electrons. The van der Waals surface area contributed by atoms with E-state index in [9.17, 15) is 14.4 Å². The predicted molar refractivity (Wildman–Crippen MR) is 135 cm³/mol. The molecule has 6 nitrogen and oxygen atoms in total. The molecule has 8 heteroatoms. The fourth-order valence-electron chi connectivity index (χ4n) is 3.65. The van der Waals surface area contributed by atoms with Crippen LogP contribution in [0.4, 0.5) is 0 Å². The summed E-state index contributed by atoms with van der Waals surface area (Å²) in [7, 11) is 0. The zero-order valence-electron chi connectivity index (χ0n) is 19.3. The van der Waals surface area contributed by atoms with Crippen molar-refractivity contribution < 1.29 is 14.0 Å². The Morgan fingerprint density at radius 1 is 1.03 bits per heavy atom. The fourth-order valence-corrected chi connectivity index (χ4v) is 3.93. The maximum absolute atomic E-state index is 13.4. The van der Waals surface area contributed by atoms with Crippen LogP contribution < -0.4 is 5.43 Å². The quantitative estimate of drug-likeness (QED) is 0.363. The Morgan fingerprint density at radius 2 is 1.76 bits per heavy atom. The van der Waals surface area contributed by atoms with Gasteiger partial charge >= 0.3 is 0 Å². The number of amides is 2. The van der Waals surface area contributed by atoms with Gasteiger partial charge in [-0.15, -0.1) is 0 Å². The summed E-state index contributed by atoms with van der Waals surface area (Å²) in [6.07, 6.45) is 2.96. The van der Waals surface area contributed by atoms with E-state index in [-0.39, 0.29) is 31.0 Å². The highest BCUT2D eigenvalue weighted by Gasteiger charge is 2.25. The number of halogens is 2. The highest BCUT2D eigenvalue weighted by Crippen LogP contribution is 2.16. The molecule has 1 aromatic heterocycles. The number of rotatable bonds is 10. The molecule has 0 fully saturated rings. The van der Waals surface area contributed by atoms with Crippen molar-refractivity contribution in [3.8, 4) is 0 Å². The first-order chi connectivity index (χ1) is 16.3. The number of hydrogen-bond donors (Lipinski definition) is 0. The smallest absolute Gasteiger partial charge is 0.256 e. The van der Waals surface area contributed by atoms with Crippen LogP contribution >= 0.6 is 23.2 Å². The maximum Gasteiger partial charge on any atom is 0.256 e. The first-order valence-corrected chi connectivity index (χ1v) is 12.1. The van der Waals surface area contributed by atoms with Gasteiger partial charge in [-0.25, -0.2) is 0 Å². The summed E-state index contributed by atoms with van der Waals surface area (Å²) < 4.78 is 5.68. The summed E-state index contributed by atoms with van der Waals surface area (Å²) in [5.74, 6) is -0.823. The van der Waals surface area contributed by atoms with E-state index in [1.165, 1.54) is 11.2 Å². The molecular weight excluding hydrogens is 475 g/mol. The second kappa shape index (κ2) is 12.0. The summed E-state index contributed by atoms with van der Waals surface area (Å²) in [5.41, 5.74) is 2.51. The molecule has 0 aliphatic carbocycles. The van der Waals surface area contributed by atoms with Gasteiger partial charge in [0.25, 0.3) is 5.91 Å². The van der Waals surface area contributed by atoms with Gasteiger partial charge < -0.3 is 14.2 Å². The summed E-state index contributed by atoms with van der Waals surface area (Å²) in [4.78, 5) is 40.7. The minimum absolute atomic E-state index is 0.0426. The number of aryl methyl sites for hydroxylation is 1. The Balaban J connectivity index is 1.91. The lowest BCUT2D eigenvalue weighted by Gasteiger charge is -2.28. The van der Waals surface area contributed by atoms with E-state index >= 15 is 0 Å². The van der Waals surface area contributed by atoms with E-state index in [0.717, 1.165) is 17.5 Å². The number of hydrogen-bond acceptors (Lipinski definition) is 4. The molecule has 0 unspecified atom stereocenters. The van der Waals surface area contributed by atoms with Crippen molar-refractivity contribution in [1.29, 1.82) is 0 Å². The third-order valence-electron chi connectivity index (χ3n) is 5.54. The molecular formula is C26H28Cl2N2O4. The largest absolute Gasteiger partial charge is 0.464 e. The van der Waals surface area contributed by atoms with Crippen LogP contribution in [0, 0.1) is 6.92 Å². The minimum Gasteiger partial charge on any atom is -0.464 e. The molecule has 0 atom stereocenters. The van der Waals surface area contributed by atoms with Gasteiger partial charge in [0.15, 0.2) is 10.3 Å². The van der Waals surface area contributed by atoms with Crippen LogP contribution in [0.25, 0.3) is 11.0 Å². The Labute approximate surface area is 209 Å². The summed E-state index contributed by atoms with van der Waals surface area (Å²) in [5, 5.41) is 0.469. The van der Waals surface area contributed by atoms with Crippen LogP contribution in [0.5, 0.6) is 0 Å². The van der Waals surface area contributed by atoms with E-state index < -0.39 is 10.7 Å². The van der Waals surface area contributed by atoms with Crippen LogP contribution in [0.15, 0.2) is 64.0 Å². The Bertz CT molecular complexity index is 1190. The molecule has 0 N–H and O–H groups in total. The molecule has 0 saturated heterocycles. The standard InChI is InChI=1S/C26H28Cl2N2O4/c1-3-4-12-29(26(33)25(27)28)16-23(31)30(14-19-8-6-5-7-9-19)15-20-17-34-22-11-10-18(2)13-21(22)24(20)32/h5-11,13,17,25H,3-4,12,14-16H2,1-2H3.